The number of pyridine rings is 3. The van der Waals surface area contributed by atoms with Gasteiger partial charge in [0.05, 0.1) is 29.2 Å². The zero-order valence-electron chi connectivity index (χ0n) is 24.0. The molecule has 8 nitrogen and oxygen atoms in total. The van der Waals surface area contributed by atoms with E-state index in [1.807, 2.05) is 23.1 Å². The van der Waals surface area contributed by atoms with Crippen LogP contribution >= 0.6 is 0 Å². The van der Waals surface area contributed by atoms with Crippen molar-refractivity contribution in [3.63, 3.8) is 0 Å². The third-order valence-corrected chi connectivity index (χ3v) is 9.42. The maximum absolute atomic E-state index is 9.77. The smallest absolute Gasteiger partial charge is 0.128 e. The summed E-state index contributed by atoms with van der Waals surface area (Å²) in [5.41, 5.74) is 7.52. The number of aryl methyl sites for hydroxylation is 1. The summed E-state index contributed by atoms with van der Waals surface area (Å²) in [6, 6.07) is 11.9. The fourth-order valence-electron chi connectivity index (χ4n) is 6.74. The molecule has 2 radical (unpaired) electrons. The second-order valence-electron chi connectivity index (χ2n) is 12.2. The lowest BCUT2D eigenvalue weighted by Crippen LogP contribution is -2.68. The molecule has 0 aliphatic carbocycles. The Hall–Kier alpha value is -3.90. The minimum Gasteiger partial charge on any atom is -0.370 e. The average molecular weight is 543 g/mol. The molecular weight excluding hydrogens is 507 g/mol. The number of hydrogen-bond acceptors (Lipinski definition) is 7. The molecule has 0 aromatic carbocycles. The Balaban J connectivity index is 1.09. The van der Waals surface area contributed by atoms with Crippen molar-refractivity contribution < 1.29 is 0 Å². The first kappa shape index (κ1) is 26.0. The largest absolute Gasteiger partial charge is 0.370 e. The summed E-state index contributed by atoms with van der Waals surface area (Å²) >= 11 is 0. The van der Waals surface area contributed by atoms with E-state index in [2.05, 4.69) is 75.9 Å². The van der Waals surface area contributed by atoms with Gasteiger partial charge in [-0.15, -0.1) is 0 Å². The van der Waals surface area contributed by atoms with Gasteiger partial charge in [-0.2, -0.15) is 10.4 Å². The Morgan fingerprint density at radius 1 is 1.02 bits per heavy atom. The Bertz CT molecular complexity index is 1620. The number of piperidine rings is 1. The number of piperazine rings is 1. The van der Waals surface area contributed by atoms with Gasteiger partial charge in [-0.05, 0) is 48.4 Å². The first-order chi connectivity index (χ1) is 19.9. The molecule has 4 fully saturated rings. The summed E-state index contributed by atoms with van der Waals surface area (Å²) in [4.78, 5) is 16.9. The molecule has 4 aliphatic rings. The number of rotatable bonds is 7. The van der Waals surface area contributed by atoms with Crippen LogP contribution in [0, 0.1) is 23.2 Å². The van der Waals surface area contributed by atoms with Crippen LogP contribution in [0.1, 0.15) is 44.0 Å². The molecule has 8 rings (SSSR count). The van der Waals surface area contributed by atoms with Gasteiger partial charge < -0.3 is 9.80 Å². The average Bonchev–Trinajstić information content (AvgIpc) is 3.38. The predicted molar refractivity (Wildman–Crippen MR) is 163 cm³/mol. The van der Waals surface area contributed by atoms with E-state index in [-0.39, 0.29) is 0 Å². The van der Waals surface area contributed by atoms with E-state index in [0.717, 1.165) is 78.5 Å². The van der Waals surface area contributed by atoms with Crippen LogP contribution in [-0.2, 0) is 13.0 Å². The van der Waals surface area contributed by atoms with Crippen molar-refractivity contribution in [3.8, 4) is 17.2 Å². The van der Waals surface area contributed by atoms with Crippen molar-refractivity contribution in [1.29, 1.82) is 5.26 Å². The van der Waals surface area contributed by atoms with Crippen molar-refractivity contribution >= 4 is 30.3 Å². The molecule has 4 aromatic rings. The topological polar surface area (TPSA) is 76.6 Å². The fraction of sp³-hybridized carbons (Fsp3) is 0.438. The van der Waals surface area contributed by atoms with E-state index < -0.39 is 0 Å². The molecule has 4 saturated heterocycles. The van der Waals surface area contributed by atoms with Gasteiger partial charge in [-0.25, -0.2) is 9.50 Å². The van der Waals surface area contributed by atoms with Gasteiger partial charge in [0.15, 0.2) is 0 Å². The van der Waals surface area contributed by atoms with Crippen molar-refractivity contribution in [2.75, 3.05) is 36.0 Å². The van der Waals surface area contributed by atoms with Crippen LogP contribution in [0.15, 0.2) is 49.1 Å². The molecule has 0 saturated carbocycles. The van der Waals surface area contributed by atoms with Crippen molar-refractivity contribution in [3.05, 3.63) is 65.9 Å². The third kappa shape index (κ3) is 4.55. The van der Waals surface area contributed by atoms with Gasteiger partial charge in [0.2, 0.25) is 0 Å². The third-order valence-electron chi connectivity index (χ3n) is 9.42. The van der Waals surface area contributed by atoms with E-state index in [9.17, 15) is 5.26 Å². The highest BCUT2D eigenvalue weighted by molar-refractivity contribution is 6.33. The summed E-state index contributed by atoms with van der Waals surface area (Å²) in [5, 5.41) is 14.3. The zero-order chi connectivity index (χ0) is 28.2. The molecule has 2 bridgehead atoms. The first-order valence-corrected chi connectivity index (χ1v) is 14.8. The van der Waals surface area contributed by atoms with Gasteiger partial charge in [0, 0.05) is 74.0 Å². The number of nitriles is 1. The summed E-state index contributed by atoms with van der Waals surface area (Å²) in [6.07, 6.45) is 9.73. The lowest BCUT2D eigenvalue weighted by Gasteiger charge is -2.56. The summed E-state index contributed by atoms with van der Waals surface area (Å²) in [5.74, 6) is 2.40. The number of anilines is 2. The highest BCUT2D eigenvalue weighted by atomic mass is 15.4. The lowest BCUT2D eigenvalue weighted by atomic mass is 9.86. The van der Waals surface area contributed by atoms with Gasteiger partial charge in [0.25, 0.3) is 0 Å². The second kappa shape index (κ2) is 10.2. The van der Waals surface area contributed by atoms with E-state index in [4.69, 9.17) is 12.8 Å². The molecule has 206 valence electrons. The van der Waals surface area contributed by atoms with Gasteiger partial charge in [-0.3, -0.25) is 9.88 Å². The van der Waals surface area contributed by atoms with Crippen LogP contribution in [-0.4, -0.2) is 70.6 Å². The summed E-state index contributed by atoms with van der Waals surface area (Å²) < 4.78 is 1.85. The molecule has 41 heavy (non-hydrogen) atoms. The Kier molecular flexibility index (Phi) is 6.46. The maximum atomic E-state index is 9.77. The molecule has 2 unspecified atom stereocenters. The zero-order valence-corrected chi connectivity index (χ0v) is 24.0. The van der Waals surface area contributed by atoms with Crippen LogP contribution < -0.4 is 15.3 Å². The molecule has 0 amide bonds. The Labute approximate surface area is 243 Å². The second-order valence-corrected chi connectivity index (χ2v) is 12.2. The van der Waals surface area contributed by atoms with E-state index >= 15 is 0 Å². The molecule has 2 atom stereocenters. The van der Waals surface area contributed by atoms with Crippen LogP contribution in [0.4, 0.5) is 11.5 Å². The molecule has 0 N–H and O–H groups in total. The normalized spacial score (nSPS) is 20.8. The highest BCUT2D eigenvalue weighted by Gasteiger charge is 2.44. The summed E-state index contributed by atoms with van der Waals surface area (Å²) in [7, 11) is 6.20. The van der Waals surface area contributed by atoms with Gasteiger partial charge in [-0.1, -0.05) is 32.3 Å². The lowest BCUT2D eigenvalue weighted by molar-refractivity contribution is -0.00874. The number of nitrogens with zero attached hydrogens (tertiary/aromatic N) is 8. The Morgan fingerprint density at radius 2 is 1.83 bits per heavy atom. The maximum Gasteiger partial charge on any atom is 0.128 e. The van der Waals surface area contributed by atoms with Crippen molar-refractivity contribution in [2.45, 2.75) is 52.2 Å². The van der Waals surface area contributed by atoms with E-state index in [1.165, 1.54) is 12.0 Å². The molecule has 0 spiro atoms. The van der Waals surface area contributed by atoms with E-state index in [0.29, 0.717) is 29.5 Å². The minimum atomic E-state index is 0.509. The highest BCUT2D eigenvalue weighted by Crippen LogP contribution is 2.37. The number of fused-ring (bicyclic) bond motifs is 3. The van der Waals surface area contributed by atoms with Crippen LogP contribution in [0.25, 0.3) is 16.6 Å². The van der Waals surface area contributed by atoms with Gasteiger partial charge in [0.1, 0.15) is 19.7 Å². The Morgan fingerprint density at radius 3 is 2.49 bits per heavy atom. The van der Waals surface area contributed by atoms with Crippen LogP contribution in [0.2, 0.25) is 0 Å². The molecule has 8 heterocycles. The monoisotopic (exact) mass is 542 g/mol. The SMILES string of the molecule is [B]c1cc(CN2C3CC2CN(c2ccc(-c4cc(N5CC(C(C)C)C5)cn5ncc(C#N)c45)cn2)C3)cnc1CC. The van der Waals surface area contributed by atoms with E-state index in [1.54, 1.807) is 6.20 Å². The van der Waals surface area contributed by atoms with Crippen molar-refractivity contribution in [2.24, 2.45) is 11.8 Å². The molecule has 9 heteroatoms. The quantitative estimate of drug-likeness (QED) is 0.331. The predicted octanol–water partition coefficient (Wildman–Crippen LogP) is 3.57. The first-order valence-electron chi connectivity index (χ1n) is 14.8. The minimum absolute atomic E-state index is 0.509. The summed E-state index contributed by atoms with van der Waals surface area (Å²) in [6.45, 7) is 11.6. The fourth-order valence-corrected chi connectivity index (χ4v) is 6.74. The van der Waals surface area contributed by atoms with Crippen molar-refractivity contribution in [1.82, 2.24) is 24.5 Å². The number of hydrogen-bond donors (Lipinski definition) is 0. The molecular formula is C32H35BN8. The number of aromatic nitrogens is 4. The van der Waals surface area contributed by atoms with Crippen LogP contribution in [0.3, 0.4) is 0 Å². The standard InChI is InChI=1S/C32H35BN8/c1-4-30-29(33)7-21(11-35-30)14-40-26-8-27(40)18-39(17-26)31-6-5-22(12-36-31)28-9-25(38-15-24(16-38)20(2)3)19-41-32(28)23(10-34)13-37-41/h5-7,9,11-13,19-20,24,26-27H,4,8,14-18H2,1-3H3. The molecule has 4 aromatic heterocycles. The molecule has 4 aliphatic heterocycles. The van der Waals surface area contributed by atoms with Crippen LogP contribution in [0.5, 0.6) is 0 Å². The van der Waals surface area contributed by atoms with Gasteiger partial charge >= 0.3 is 0 Å².